The van der Waals surface area contributed by atoms with Crippen LogP contribution in [0, 0.1) is 5.92 Å². The molecule has 0 aliphatic heterocycles. The lowest BCUT2D eigenvalue weighted by Gasteiger charge is -2.21. The normalized spacial score (nSPS) is 12.3. The van der Waals surface area contributed by atoms with Crippen LogP contribution in [0.2, 0.25) is 0 Å². The molecule has 21 heavy (non-hydrogen) atoms. The van der Waals surface area contributed by atoms with Crippen LogP contribution in [0.1, 0.15) is 30.2 Å². The number of hydrogen-bond donors (Lipinski definition) is 2. The molecule has 1 aromatic carbocycles. The second-order valence-corrected chi connectivity index (χ2v) is 5.10. The van der Waals surface area contributed by atoms with Crippen molar-refractivity contribution in [2.75, 3.05) is 0 Å². The number of carbonyl (C=O) groups is 2. The molecular formula is C15H17N3O3. The van der Waals surface area contributed by atoms with Gasteiger partial charge in [0, 0.05) is 18.0 Å². The third-order valence-corrected chi connectivity index (χ3v) is 3.29. The van der Waals surface area contributed by atoms with Gasteiger partial charge in [-0.05, 0) is 12.0 Å². The van der Waals surface area contributed by atoms with Crippen molar-refractivity contribution >= 4 is 11.9 Å². The van der Waals surface area contributed by atoms with Crippen molar-refractivity contribution in [1.29, 1.82) is 0 Å². The van der Waals surface area contributed by atoms with E-state index in [0.717, 1.165) is 0 Å². The molecule has 1 aromatic heterocycles. The van der Waals surface area contributed by atoms with Gasteiger partial charge in [0.15, 0.2) is 0 Å². The van der Waals surface area contributed by atoms with Gasteiger partial charge in [-0.3, -0.25) is 4.79 Å². The van der Waals surface area contributed by atoms with E-state index in [-0.39, 0.29) is 11.5 Å². The minimum Gasteiger partial charge on any atom is -0.478 e. The molecule has 2 rings (SSSR count). The average molecular weight is 287 g/mol. The predicted molar refractivity (Wildman–Crippen MR) is 77.7 cm³/mol. The Labute approximate surface area is 122 Å². The van der Waals surface area contributed by atoms with Gasteiger partial charge in [-0.25, -0.2) is 9.78 Å². The van der Waals surface area contributed by atoms with Crippen LogP contribution in [0.3, 0.4) is 0 Å². The number of aromatic nitrogens is 2. The van der Waals surface area contributed by atoms with Crippen molar-refractivity contribution in [3.63, 3.8) is 0 Å². The standard InChI is InChI=1S/C15H17N3O3/c1-9(2)12(13(16)19)18-8-7-17-14(18)10-5-3-4-6-11(10)15(20)21/h3-9,12H,1-2H3,(H2,16,19)(H,20,21)/t12-/m0/s1. The van der Waals surface area contributed by atoms with Crippen molar-refractivity contribution in [1.82, 2.24) is 9.55 Å². The van der Waals surface area contributed by atoms with Gasteiger partial charge < -0.3 is 15.4 Å². The molecule has 6 heteroatoms. The topological polar surface area (TPSA) is 98.2 Å². The number of imidazole rings is 1. The number of rotatable bonds is 5. The van der Waals surface area contributed by atoms with Crippen molar-refractivity contribution in [3.8, 4) is 11.4 Å². The Balaban J connectivity index is 2.61. The lowest BCUT2D eigenvalue weighted by molar-refractivity contribution is -0.122. The van der Waals surface area contributed by atoms with E-state index in [4.69, 9.17) is 5.73 Å². The van der Waals surface area contributed by atoms with Crippen molar-refractivity contribution in [3.05, 3.63) is 42.2 Å². The van der Waals surface area contributed by atoms with Gasteiger partial charge in [0.05, 0.1) is 5.56 Å². The number of carboxylic acid groups (broad SMARTS) is 1. The van der Waals surface area contributed by atoms with Crippen LogP contribution in [0.15, 0.2) is 36.7 Å². The van der Waals surface area contributed by atoms with E-state index in [1.54, 1.807) is 29.0 Å². The molecule has 1 heterocycles. The second kappa shape index (κ2) is 5.78. The van der Waals surface area contributed by atoms with Crippen LogP contribution in [-0.2, 0) is 4.79 Å². The Morgan fingerprint density at radius 2 is 1.95 bits per heavy atom. The third kappa shape index (κ3) is 2.79. The Morgan fingerprint density at radius 1 is 1.29 bits per heavy atom. The SMILES string of the molecule is CC(C)[C@@H](C(N)=O)n1ccnc1-c1ccccc1C(=O)O. The van der Waals surface area contributed by atoms with E-state index in [2.05, 4.69) is 4.98 Å². The zero-order chi connectivity index (χ0) is 15.6. The minimum absolute atomic E-state index is 0.0348. The van der Waals surface area contributed by atoms with E-state index in [1.807, 2.05) is 13.8 Å². The largest absolute Gasteiger partial charge is 0.478 e. The highest BCUT2D eigenvalue weighted by Gasteiger charge is 2.25. The fourth-order valence-electron chi connectivity index (χ4n) is 2.40. The first-order valence-electron chi connectivity index (χ1n) is 6.58. The zero-order valence-corrected chi connectivity index (χ0v) is 11.9. The third-order valence-electron chi connectivity index (χ3n) is 3.29. The number of hydrogen-bond acceptors (Lipinski definition) is 3. The predicted octanol–water partition coefficient (Wildman–Crippen LogP) is 1.93. The van der Waals surface area contributed by atoms with Gasteiger partial charge in [-0.1, -0.05) is 32.0 Å². The number of carbonyl (C=O) groups excluding carboxylic acids is 1. The first-order chi connectivity index (χ1) is 9.93. The molecule has 1 atom stereocenters. The van der Waals surface area contributed by atoms with E-state index in [0.29, 0.717) is 11.4 Å². The monoisotopic (exact) mass is 287 g/mol. The number of benzene rings is 1. The highest BCUT2D eigenvalue weighted by molar-refractivity contribution is 5.95. The van der Waals surface area contributed by atoms with Gasteiger partial charge in [0.1, 0.15) is 11.9 Å². The summed E-state index contributed by atoms with van der Waals surface area (Å²) in [6.45, 7) is 3.75. The molecule has 0 saturated heterocycles. The van der Waals surface area contributed by atoms with Gasteiger partial charge in [0.2, 0.25) is 5.91 Å². The lowest BCUT2D eigenvalue weighted by Crippen LogP contribution is -2.30. The van der Waals surface area contributed by atoms with E-state index in [1.165, 1.54) is 12.3 Å². The van der Waals surface area contributed by atoms with Crippen LogP contribution in [-0.4, -0.2) is 26.5 Å². The summed E-state index contributed by atoms with van der Waals surface area (Å²) < 4.78 is 1.63. The Bertz CT molecular complexity index is 676. The highest BCUT2D eigenvalue weighted by atomic mass is 16.4. The summed E-state index contributed by atoms with van der Waals surface area (Å²) in [5.74, 6) is -1.13. The number of nitrogens with zero attached hydrogens (tertiary/aromatic N) is 2. The van der Waals surface area contributed by atoms with Crippen LogP contribution >= 0.6 is 0 Å². The molecule has 3 N–H and O–H groups in total. The molecule has 110 valence electrons. The quantitative estimate of drug-likeness (QED) is 0.877. The van der Waals surface area contributed by atoms with Crippen molar-refractivity contribution < 1.29 is 14.7 Å². The number of carboxylic acids is 1. The maximum absolute atomic E-state index is 11.7. The minimum atomic E-state index is -1.04. The molecule has 6 nitrogen and oxygen atoms in total. The molecule has 0 spiro atoms. The summed E-state index contributed by atoms with van der Waals surface area (Å²) >= 11 is 0. The molecule has 1 amide bonds. The summed E-state index contributed by atoms with van der Waals surface area (Å²) in [5.41, 5.74) is 6.07. The Kier molecular flexibility index (Phi) is 4.07. The van der Waals surface area contributed by atoms with Crippen LogP contribution < -0.4 is 5.73 Å². The summed E-state index contributed by atoms with van der Waals surface area (Å²) in [6.07, 6.45) is 3.18. The summed E-state index contributed by atoms with van der Waals surface area (Å²) in [7, 11) is 0. The van der Waals surface area contributed by atoms with Crippen LogP contribution in [0.4, 0.5) is 0 Å². The summed E-state index contributed by atoms with van der Waals surface area (Å²) in [4.78, 5) is 27.2. The first-order valence-corrected chi connectivity index (χ1v) is 6.58. The molecule has 0 aliphatic rings. The summed E-state index contributed by atoms with van der Waals surface area (Å²) in [5, 5.41) is 9.28. The lowest BCUT2D eigenvalue weighted by atomic mass is 10.0. The molecule has 0 aliphatic carbocycles. The maximum Gasteiger partial charge on any atom is 0.336 e. The maximum atomic E-state index is 11.7. The number of nitrogens with two attached hydrogens (primary N) is 1. The number of amides is 1. The van der Waals surface area contributed by atoms with Crippen molar-refractivity contribution in [2.45, 2.75) is 19.9 Å². The van der Waals surface area contributed by atoms with Crippen LogP contribution in [0.25, 0.3) is 11.4 Å². The second-order valence-electron chi connectivity index (χ2n) is 5.10. The zero-order valence-electron chi connectivity index (χ0n) is 11.9. The Morgan fingerprint density at radius 3 is 2.52 bits per heavy atom. The molecule has 0 fully saturated rings. The van der Waals surface area contributed by atoms with E-state index in [9.17, 15) is 14.7 Å². The number of aromatic carboxylic acids is 1. The highest BCUT2D eigenvalue weighted by Crippen LogP contribution is 2.27. The number of primary amides is 1. The fraction of sp³-hybridized carbons (Fsp3) is 0.267. The molecular weight excluding hydrogens is 270 g/mol. The van der Waals surface area contributed by atoms with Gasteiger partial charge in [0.25, 0.3) is 0 Å². The van der Waals surface area contributed by atoms with E-state index < -0.39 is 17.9 Å². The average Bonchev–Trinajstić information content (AvgIpc) is 2.86. The molecule has 0 radical (unpaired) electrons. The van der Waals surface area contributed by atoms with Gasteiger partial charge in [-0.15, -0.1) is 0 Å². The smallest absolute Gasteiger partial charge is 0.336 e. The fourth-order valence-corrected chi connectivity index (χ4v) is 2.40. The van der Waals surface area contributed by atoms with Crippen molar-refractivity contribution in [2.24, 2.45) is 11.7 Å². The molecule has 0 saturated carbocycles. The summed E-state index contributed by atoms with van der Waals surface area (Å²) in [6, 6.07) is 5.97. The Hall–Kier alpha value is -2.63. The van der Waals surface area contributed by atoms with E-state index >= 15 is 0 Å². The van der Waals surface area contributed by atoms with Gasteiger partial charge >= 0.3 is 5.97 Å². The molecule has 2 aromatic rings. The molecule has 0 bridgehead atoms. The molecule has 0 unspecified atom stereocenters. The first kappa shape index (κ1) is 14.8. The van der Waals surface area contributed by atoms with Gasteiger partial charge in [-0.2, -0.15) is 0 Å². The van der Waals surface area contributed by atoms with Crippen LogP contribution in [0.5, 0.6) is 0 Å².